The lowest BCUT2D eigenvalue weighted by molar-refractivity contribution is 0.258. The molecule has 0 aromatic carbocycles. The standard InChI is InChI=1S/C8H17NO/c10-6-2-4-8-3-1-5-9-7-8/h8-10H,1-7H2. The first kappa shape index (κ1) is 8.02. The number of nitrogens with one attached hydrogen (secondary N) is 1. The van der Waals surface area contributed by atoms with Crippen molar-refractivity contribution in [1.82, 2.24) is 5.32 Å². The summed E-state index contributed by atoms with van der Waals surface area (Å²) in [4.78, 5) is 0. The van der Waals surface area contributed by atoms with E-state index in [-0.39, 0.29) is 0 Å². The SMILES string of the molecule is OCCCC1CCCNC1. The second kappa shape index (κ2) is 4.69. The van der Waals surface area contributed by atoms with Crippen LogP contribution in [-0.4, -0.2) is 24.8 Å². The molecule has 0 aromatic rings. The van der Waals surface area contributed by atoms with Gasteiger partial charge in [0.1, 0.15) is 0 Å². The van der Waals surface area contributed by atoms with Gasteiger partial charge in [-0.1, -0.05) is 0 Å². The average molecular weight is 143 g/mol. The molecule has 2 N–H and O–H groups in total. The van der Waals surface area contributed by atoms with Gasteiger partial charge in [0.15, 0.2) is 0 Å². The molecule has 1 fully saturated rings. The van der Waals surface area contributed by atoms with E-state index in [1.165, 1.54) is 32.4 Å². The van der Waals surface area contributed by atoms with Crippen LogP contribution in [0.4, 0.5) is 0 Å². The van der Waals surface area contributed by atoms with Crippen LogP contribution in [-0.2, 0) is 0 Å². The molecule has 1 aliphatic heterocycles. The molecule has 1 heterocycles. The monoisotopic (exact) mass is 143 g/mol. The zero-order valence-electron chi connectivity index (χ0n) is 6.47. The minimum atomic E-state index is 0.358. The van der Waals surface area contributed by atoms with Crippen LogP contribution in [0.5, 0.6) is 0 Å². The molecule has 2 nitrogen and oxygen atoms in total. The molecule has 0 radical (unpaired) electrons. The highest BCUT2D eigenvalue weighted by atomic mass is 16.2. The largest absolute Gasteiger partial charge is 0.396 e. The van der Waals surface area contributed by atoms with E-state index in [4.69, 9.17) is 5.11 Å². The van der Waals surface area contributed by atoms with Gasteiger partial charge in [-0.3, -0.25) is 0 Å². The molecule has 1 saturated heterocycles. The lowest BCUT2D eigenvalue weighted by Gasteiger charge is -2.21. The van der Waals surface area contributed by atoms with E-state index in [2.05, 4.69) is 5.32 Å². The summed E-state index contributed by atoms with van der Waals surface area (Å²) in [6.07, 6.45) is 4.85. The average Bonchev–Trinajstić information content (AvgIpc) is 2.03. The second-order valence-corrected chi connectivity index (χ2v) is 3.08. The Morgan fingerprint density at radius 1 is 1.50 bits per heavy atom. The first-order valence-electron chi connectivity index (χ1n) is 4.25. The highest BCUT2D eigenvalue weighted by Gasteiger charge is 2.11. The number of aliphatic hydroxyl groups excluding tert-OH is 1. The maximum atomic E-state index is 8.58. The van der Waals surface area contributed by atoms with Crippen LogP contribution in [0, 0.1) is 5.92 Å². The Morgan fingerprint density at radius 3 is 3.00 bits per heavy atom. The summed E-state index contributed by atoms with van der Waals surface area (Å²) in [6, 6.07) is 0. The molecule has 0 bridgehead atoms. The van der Waals surface area contributed by atoms with Crippen molar-refractivity contribution in [2.24, 2.45) is 5.92 Å². The van der Waals surface area contributed by atoms with Crippen molar-refractivity contribution in [3.05, 3.63) is 0 Å². The van der Waals surface area contributed by atoms with Gasteiger partial charge in [-0.25, -0.2) is 0 Å². The van der Waals surface area contributed by atoms with Crippen LogP contribution in [0.15, 0.2) is 0 Å². The van der Waals surface area contributed by atoms with Gasteiger partial charge in [-0.05, 0) is 44.7 Å². The lowest BCUT2D eigenvalue weighted by Crippen LogP contribution is -2.29. The minimum Gasteiger partial charge on any atom is -0.396 e. The van der Waals surface area contributed by atoms with Crippen LogP contribution in [0.2, 0.25) is 0 Å². The Morgan fingerprint density at radius 2 is 2.40 bits per heavy atom. The van der Waals surface area contributed by atoms with Crippen LogP contribution >= 0.6 is 0 Å². The van der Waals surface area contributed by atoms with Gasteiger partial charge in [0.2, 0.25) is 0 Å². The van der Waals surface area contributed by atoms with Gasteiger partial charge in [0, 0.05) is 6.61 Å². The van der Waals surface area contributed by atoms with Crippen LogP contribution in [0.1, 0.15) is 25.7 Å². The van der Waals surface area contributed by atoms with Gasteiger partial charge in [-0.15, -0.1) is 0 Å². The maximum Gasteiger partial charge on any atom is 0.0431 e. The van der Waals surface area contributed by atoms with Crippen molar-refractivity contribution in [2.45, 2.75) is 25.7 Å². The predicted molar refractivity (Wildman–Crippen MR) is 41.9 cm³/mol. The van der Waals surface area contributed by atoms with Crippen molar-refractivity contribution >= 4 is 0 Å². The van der Waals surface area contributed by atoms with E-state index < -0.39 is 0 Å². The first-order chi connectivity index (χ1) is 4.93. The summed E-state index contributed by atoms with van der Waals surface area (Å²) in [5, 5.41) is 11.9. The third kappa shape index (κ3) is 2.67. The Hall–Kier alpha value is -0.0800. The Kier molecular flexibility index (Phi) is 3.76. The molecular weight excluding hydrogens is 126 g/mol. The highest BCUT2D eigenvalue weighted by Crippen LogP contribution is 2.14. The summed E-state index contributed by atoms with van der Waals surface area (Å²) in [6.45, 7) is 2.71. The lowest BCUT2D eigenvalue weighted by atomic mass is 9.95. The molecule has 0 saturated carbocycles. The Bertz CT molecular complexity index is 79.3. The topological polar surface area (TPSA) is 32.3 Å². The number of hydrogen-bond acceptors (Lipinski definition) is 2. The van der Waals surface area contributed by atoms with E-state index in [9.17, 15) is 0 Å². The molecular formula is C8H17NO. The van der Waals surface area contributed by atoms with E-state index in [0.717, 1.165) is 12.3 Å². The van der Waals surface area contributed by atoms with Crippen molar-refractivity contribution in [1.29, 1.82) is 0 Å². The van der Waals surface area contributed by atoms with E-state index in [1.54, 1.807) is 0 Å². The number of hydrogen-bond donors (Lipinski definition) is 2. The third-order valence-electron chi connectivity index (χ3n) is 2.17. The molecule has 0 aliphatic carbocycles. The van der Waals surface area contributed by atoms with Gasteiger partial charge in [0.25, 0.3) is 0 Å². The summed E-state index contributed by atoms with van der Waals surface area (Å²) in [5.74, 6) is 0.834. The first-order valence-corrected chi connectivity index (χ1v) is 4.25. The highest BCUT2D eigenvalue weighted by molar-refractivity contribution is 4.68. The fraction of sp³-hybridized carbons (Fsp3) is 1.00. The Labute approximate surface area is 62.6 Å². The minimum absolute atomic E-state index is 0.358. The zero-order chi connectivity index (χ0) is 7.23. The molecule has 0 amide bonds. The summed E-state index contributed by atoms with van der Waals surface area (Å²) in [5.41, 5.74) is 0. The fourth-order valence-electron chi connectivity index (χ4n) is 1.55. The van der Waals surface area contributed by atoms with Gasteiger partial charge < -0.3 is 10.4 Å². The molecule has 1 rings (SSSR count). The Balaban J connectivity index is 2.02. The van der Waals surface area contributed by atoms with Crippen LogP contribution in [0.25, 0.3) is 0 Å². The quantitative estimate of drug-likeness (QED) is 0.611. The second-order valence-electron chi connectivity index (χ2n) is 3.08. The predicted octanol–water partition coefficient (Wildman–Crippen LogP) is 0.758. The molecule has 2 heteroatoms. The normalized spacial score (nSPS) is 26.7. The fourth-order valence-corrected chi connectivity index (χ4v) is 1.55. The van der Waals surface area contributed by atoms with Crippen molar-refractivity contribution < 1.29 is 5.11 Å². The smallest absolute Gasteiger partial charge is 0.0431 e. The summed E-state index contributed by atoms with van der Waals surface area (Å²) in [7, 11) is 0. The molecule has 1 atom stereocenters. The van der Waals surface area contributed by atoms with Crippen molar-refractivity contribution in [2.75, 3.05) is 19.7 Å². The van der Waals surface area contributed by atoms with Gasteiger partial charge >= 0.3 is 0 Å². The van der Waals surface area contributed by atoms with Gasteiger partial charge in [-0.2, -0.15) is 0 Å². The molecule has 10 heavy (non-hydrogen) atoms. The maximum absolute atomic E-state index is 8.58. The van der Waals surface area contributed by atoms with Crippen LogP contribution < -0.4 is 5.32 Å². The molecule has 60 valence electrons. The zero-order valence-corrected chi connectivity index (χ0v) is 6.47. The molecule has 0 aromatic heterocycles. The number of piperidine rings is 1. The third-order valence-corrected chi connectivity index (χ3v) is 2.17. The molecule has 0 spiro atoms. The summed E-state index contributed by atoms with van der Waals surface area (Å²) >= 11 is 0. The number of aliphatic hydroxyl groups is 1. The van der Waals surface area contributed by atoms with Crippen molar-refractivity contribution in [3.8, 4) is 0 Å². The molecule has 1 unspecified atom stereocenters. The van der Waals surface area contributed by atoms with E-state index in [0.29, 0.717) is 6.61 Å². The number of rotatable bonds is 3. The van der Waals surface area contributed by atoms with Crippen molar-refractivity contribution in [3.63, 3.8) is 0 Å². The van der Waals surface area contributed by atoms with Crippen LogP contribution in [0.3, 0.4) is 0 Å². The summed E-state index contributed by atoms with van der Waals surface area (Å²) < 4.78 is 0. The van der Waals surface area contributed by atoms with E-state index >= 15 is 0 Å². The molecule has 1 aliphatic rings. The van der Waals surface area contributed by atoms with Gasteiger partial charge in [0.05, 0.1) is 0 Å². The van der Waals surface area contributed by atoms with E-state index in [1.807, 2.05) is 0 Å².